The van der Waals surface area contributed by atoms with E-state index in [0.717, 1.165) is 0 Å². The molecule has 0 radical (unpaired) electrons. The molecule has 3 rings (SSSR count). The lowest BCUT2D eigenvalue weighted by Gasteiger charge is -2.09. The van der Waals surface area contributed by atoms with Gasteiger partial charge in [-0.05, 0) is 34.7 Å². The van der Waals surface area contributed by atoms with Gasteiger partial charge in [0.15, 0.2) is 5.78 Å². The summed E-state index contributed by atoms with van der Waals surface area (Å²) in [7, 11) is 3.12. The van der Waals surface area contributed by atoms with E-state index in [1.165, 1.54) is 23.4 Å². The number of nitrogens with zero attached hydrogens (tertiary/aromatic N) is 4. The minimum atomic E-state index is -0.166. The fraction of sp³-hybridized carbons (Fsp3) is 0.211. The van der Waals surface area contributed by atoms with E-state index < -0.39 is 0 Å². The molecule has 2 aromatic carbocycles. The molecular formula is C19H19N5O4S. The number of thioether (sulfide) groups is 1. The van der Waals surface area contributed by atoms with E-state index in [9.17, 15) is 9.59 Å². The Balaban J connectivity index is 1.72. The number of tetrazole rings is 1. The zero-order valence-electron chi connectivity index (χ0n) is 16.1. The molecule has 1 heterocycles. The summed E-state index contributed by atoms with van der Waals surface area (Å²) >= 11 is 1.22. The van der Waals surface area contributed by atoms with Gasteiger partial charge in [0.05, 0.1) is 25.7 Å². The fourth-order valence-corrected chi connectivity index (χ4v) is 3.29. The summed E-state index contributed by atoms with van der Waals surface area (Å²) in [5.74, 6) is 1.10. The van der Waals surface area contributed by atoms with Crippen molar-refractivity contribution in [3.8, 4) is 17.2 Å². The highest BCUT2D eigenvalue weighted by Gasteiger charge is 2.14. The average molecular weight is 413 g/mol. The molecule has 1 aromatic heterocycles. The minimum absolute atomic E-state index is 0.0813. The second kappa shape index (κ2) is 9.20. The van der Waals surface area contributed by atoms with Crippen LogP contribution in [0.5, 0.6) is 11.5 Å². The Labute approximate surface area is 171 Å². The first-order valence-corrected chi connectivity index (χ1v) is 9.54. The molecule has 0 saturated carbocycles. The molecule has 9 nitrogen and oxygen atoms in total. The summed E-state index contributed by atoms with van der Waals surface area (Å²) in [5, 5.41) is 14.8. The third kappa shape index (κ3) is 5.11. The zero-order valence-corrected chi connectivity index (χ0v) is 16.9. The number of benzene rings is 2. The molecule has 29 heavy (non-hydrogen) atoms. The van der Waals surface area contributed by atoms with Crippen LogP contribution in [0.3, 0.4) is 0 Å². The number of hydrogen-bond acceptors (Lipinski definition) is 8. The van der Waals surface area contributed by atoms with Crippen LogP contribution in [0.2, 0.25) is 0 Å². The van der Waals surface area contributed by atoms with Gasteiger partial charge in [0.1, 0.15) is 11.5 Å². The molecule has 150 valence electrons. The highest BCUT2D eigenvalue weighted by Crippen LogP contribution is 2.27. The molecule has 0 fully saturated rings. The summed E-state index contributed by atoms with van der Waals surface area (Å²) in [4.78, 5) is 23.6. The first-order valence-electron chi connectivity index (χ1n) is 8.55. The van der Waals surface area contributed by atoms with Crippen LogP contribution < -0.4 is 14.8 Å². The fourth-order valence-electron chi connectivity index (χ4n) is 2.50. The third-order valence-corrected chi connectivity index (χ3v) is 4.80. The van der Waals surface area contributed by atoms with Gasteiger partial charge in [0.2, 0.25) is 11.1 Å². The van der Waals surface area contributed by atoms with Crippen molar-refractivity contribution in [1.29, 1.82) is 0 Å². The average Bonchev–Trinajstić information content (AvgIpc) is 3.20. The number of methoxy groups -OCH3 is 2. The number of rotatable bonds is 8. The quantitative estimate of drug-likeness (QED) is 0.443. The molecule has 0 aliphatic carbocycles. The van der Waals surface area contributed by atoms with E-state index in [4.69, 9.17) is 9.47 Å². The van der Waals surface area contributed by atoms with Crippen molar-refractivity contribution in [2.24, 2.45) is 0 Å². The van der Waals surface area contributed by atoms with Gasteiger partial charge in [0, 0.05) is 36.4 Å². The zero-order chi connectivity index (χ0) is 20.8. The first-order chi connectivity index (χ1) is 14.0. The minimum Gasteiger partial charge on any atom is -0.497 e. The molecule has 1 amide bonds. The number of carbonyl (C=O) groups is 2. The second-order valence-electron chi connectivity index (χ2n) is 5.91. The smallest absolute Gasteiger partial charge is 0.221 e. The number of amides is 1. The summed E-state index contributed by atoms with van der Waals surface area (Å²) < 4.78 is 12.1. The predicted molar refractivity (Wildman–Crippen MR) is 108 cm³/mol. The van der Waals surface area contributed by atoms with Crippen LogP contribution in [-0.2, 0) is 4.79 Å². The lowest BCUT2D eigenvalue weighted by molar-refractivity contribution is -0.114. The predicted octanol–water partition coefficient (Wildman–Crippen LogP) is 2.61. The summed E-state index contributed by atoms with van der Waals surface area (Å²) in [6.07, 6.45) is 0. The van der Waals surface area contributed by atoms with Crippen LogP contribution in [0.25, 0.3) is 5.69 Å². The number of ketones is 1. The van der Waals surface area contributed by atoms with E-state index in [0.29, 0.717) is 33.6 Å². The van der Waals surface area contributed by atoms with Gasteiger partial charge >= 0.3 is 0 Å². The van der Waals surface area contributed by atoms with Gasteiger partial charge in [-0.3, -0.25) is 9.59 Å². The lowest BCUT2D eigenvalue weighted by Crippen LogP contribution is -2.07. The van der Waals surface area contributed by atoms with E-state index in [-0.39, 0.29) is 17.4 Å². The Morgan fingerprint density at radius 2 is 1.72 bits per heavy atom. The molecule has 3 aromatic rings. The van der Waals surface area contributed by atoms with Crippen LogP contribution in [0, 0.1) is 0 Å². The number of hydrogen-bond donors (Lipinski definition) is 1. The Morgan fingerprint density at radius 1 is 1.07 bits per heavy atom. The van der Waals surface area contributed by atoms with Crippen molar-refractivity contribution in [2.75, 3.05) is 25.3 Å². The van der Waals surface area contributed by atoms with Gasteiger partial charge in [-0.2, -0.15) is 4.68 Å². The molecular weight excluding hydrogens is 394 g/mol. The number of nitrogens with one attached hydrogen (secondary N) is 1. The number of Topliss-reactive ketones (excluding diaryl/α,β-unsaturated/α-hetero) is 1. The normalized spacial score (nSPS) is 10.4. The van der Waals surface area contributed by atoms with Crippen LogP contribution in [-0.4, -0.2) is 51.9 Å². The van der Waals surface area contributed by atoms with Gasteiger partial charge < -0.3 is 14.8 Å². The standard InChI is InChI=1S/C19H19N5O4S/c1-12(25)20-14-6-4-13(5-7-14)18(26)11-29-19-21-22-23-24(19)15-8-16(27-2)10-17(9-15)28-3/h4-10H,11H2,1-3H3,(H,20,25). The van der Waals surface area contributed by atoms with Gasteiger partial charge in [-0.1, -0.05) is 11.8 Å². The van der Waals surface area contributed by atoms with Crippen LogP contribution in [0.1, 0.15) is 17.3 Å². The Kier molecular flexibility index (Phi) is 6.45. The Bertz CT molecular complexity index is 997. The molecule has 0 aliphatic heterocycles. The third-order valence-electron chi connectivity index (χ3n) is 3.88. The van der Waals surface area contributed by atoms with Gasteiger partial charge in [-0.25, -0.2) is 0 Å². The van der Waals surface area contributed by atoms with Crippen molar-refractivity contribution >= 4 is 29.1 Å². The number of anilines is 1. The molecule has 0 atom stereocenters. The highest BCUT2D eigenvalue weighted by molar-refractivity contribution is 7.99. The monoisotopic (exact) mass is 413 g/mol. The number of carbonyl (C=O) groups excluding carboxylic acids is 2. The number of aromatic nitrogens is 4. The summed E-state index contributed by atoms with van der Waals surface area (Å²) in [5.41, 5.74) is 1.83. The maximum absolute atomic E-state index is 12.5. The van der Waals surface area contributed by atoms with Crippen molar-refractivity contribution in [3.63, 3.8) is 0 Å². The first kappa shape index (κ1) is 20.3. The molecule has 10 heteroatoms. The second-order valence-corrected chi connectivity index (χ2v) is 6.86. The summed E-state index contributed by atoms with van der Waals surface area (Å²) in [6.45, 7) is 1.43. The van der Waals surface area contributed by atoms with Crippen LogP contribution >= 0.6 is 11.8 Å². The van der Waals surface area contributed by atoms with Gasteiger partial charge in [-0.15, -0.1) is 5.10 Å². The van der Waals surface area contributed by atoms with Crippen LogP contribution in [0.15, 0.2) is 47.6 Å². The van der Waals surface area contributed by atoms with E-state index in [1.54, 1.807) is 56.7 Å². The number of ether oxygens (including phenoxy) is 2. The van der Waals surface area contributed by atoms with Gasteiger partial charge in [0.25, 0.3) is 0 Å². The van der Waals surface area contributed by atoms with Crippen molar-refractivity contribution in [1.82, 2.24) is 20.2 Å². The largest absolute Gasteiger partial charge is 0.497 e. The van der Waals surface area contributed by atoms with E-state index in [2.05, 4.69) is 20.8 Å². The highest BCUT2D eigenvalue weighted by atomic mass is 32.2. The van der Waals surface area contributed by atoms with E-state index >= 15 is 0 Å². The maximum Gasteiger partial charge on any atom is 0.221 e. The molecule has 0 aliphatic rings. The Hall–Kier alpha value is -3.40. The van der Waals surface area contributed by atoms with Crippen molar-refractivity contribution < 1.29 is 19.1 Å². The molecule has 0 unspecified atom stereocenters. The van der Waals surface area contributed by atoms with Crippen LogP contribution in [0.4, 0.5) is 5.69 Å². The van der Waals surface area contributed by atoms with Crippen molar-refractivity contribution in [3.05, 3.63) is 48.0 Å². The molecule has 0 saturated heterocycles. The molecule has 0 spiro atoms. The lowest BCUT2D eigenvalue weighted by atomic mass is 10.1. The molecule has 1 N–H and O–H groups in total. The van der Waals surface area contributed by atoms with E-state index in [1.807, 2.05) is 0 Å². The topological polar surface area (TPSA) is 108 Å². The van der Waals surface area contributed by atoms with Crippen molar-refractivity contribution in [2.45, 2.75) is 12.1 Å². The Morgan fingerprint density at radius 3 is 2.31 bits per heavy atom. The maximum atomic E-state index is 12.5. The SMILES string of the molecule is COc1cc(OC)cc(-n2nnnc2SCC(=O)c2ccc(NC(C)=O)cc2)c1. The summed E-state index contributed by atoms with van der Waals surface area (Å²) in [6, 6.07) is 12.0. The molecule has 0 bridgehead atoms.